The van der Waals surface area contributed by atoms with Crippen LogP contribution in [-0.2, 0) is 4.79 Å². The van der Waals surface area contributed by atoms with E-state index in [1.54, 1.807) is 10.6 Å². The Kier molecular flexibility index (Phi) is 5.56. The number of thioether (sulfide) groups is 1. The summed E-state index contributed by atoms with van der Waals surface area (Å²) in [6, 6.07) is 17.5. The van der Waals surface area contributed by atoms with Crippen molar-refractivity contribution in [3.05, 3.63) is 77.1 Å². The Hall–Kier alpha value is -2.83. The summed E-state index contributed by atoms with van der Waals surface area (Å²) in [6.45, 7) is 3.87. The third kappa shape index (κ3) is 4.28. The van der Waals surface area contributed by atoms with E-state index in [1.165, 1.54) is 11.8 Å². The normalized spacial score (nSPS) is 11.0. The predicted octanol–water partition coefficient (Wildman–Crippen LogP) is 5.40. The van der Waals surface area contributed by atoms with Crippen molar-refractivity contribution in [2.45, 2.75) is 18.9 Å². The molecule has 0 aliphatic rings. The third-order valence-electron chi connectivity index (χ3n) is 4.46. The van der Waals surface area contributed by atoms with E-state index in [4.69, 9.17) is 11.6 Å². The Morgan fingerprint density at radius 3 is 2.69 bits per heavy atom. The van der Waals surface area contributed by atoms with Gasteiger partial charge in [0.15, 0.2) is 5.65 Å². The van der Waals surface area contributed by atoms with Gasteiger partial charge in [0.1, 0.15) is 5.03 Å². The van der Waals surface area contributed by atoms with Gasteiger partial charge in [0.05, 0.1) is 11.9 Å². The number of aryl methyl sites for hydroxylation is 2. The summed E-state index contributed by atoms with van der Waals surface area (Å²) in [5, 5.41) is 8.89. The lowest BCUT2D eigenvalue weighted by molar-refractivity contribution is -0.113. The molecule has 0 unspecified atom stereocenters. The molecule has 0 fully saturated rings. The lowest BCUT2D eigenvalue weighted by atomic mass is 10.1. The Balaban J connectivity index is 1.54. The molecule has 0 aliphatic carbocycles. The maximum Gasteiger partial charge on any atom is 0.234 e. The fraction of sp³-hybridized carbons (Fsp3) is 0.136. The Labute approximate surface area is 178 Å². The number of halogens is 1. The van der Waals surface area contributed by atoms with Crippen LogP contribution in [0.2, 0.25) is 5.02 Å². The molecule has 5 nitrogen and oxygen atoms in total. The SMILES string of the molecule is Cc1cc(SCC(=O)Nc2ccc(C)c(Cl)c2)n2ncc(-c3ccccc3)c2n1. The van der Waals surface area contributed by atoms with Crippen molar-refractivity contribution in [3.63, 3.8) is 0 Å². The lowest BCUT2D eigenvalue weighted by Crippen LogP contribution is -2.14. The molecule has 4 aromatic rings. The van der Waals surface area contributed by atoms with Crippen molar-refractivity contribution in [2.24, 2.45) is 0 Å². The van der Waals surface area contributed by atoms with E-state index in [2.05, 4.69) is 15.4 Å². The van der Waals surface area contributed by atoms with E-state index in [0.29, 0.717) is 10.7 Å². The highest BCUT2D eigenvalue weighted by Gasteiger charge is 2.13. The number of anilines is 1. The smallest absolute Gasteiger partial charge is 0.234 e. The first-order chi connectivity index (χ1) is 14.0. The van der Waals surface area contributed by atoms with Crippen molar-refractivity contribution in [1.82, 2.24) is 14.6 Å². The zero-order valence-corrected chi connectivity index (χ0v) is 17.6. The quantitative estimate of drug-likeness (QED) is 0.345. The van der Waals surface area contributed by atoms with Crippen molar-refractivity contribution < 1.29 is 4.79 Å². The van der Waals surface area contributed by atoms with Gasteiger partial charge in [-0.1, -0.05) is 59.8 Å². The van der Waals surface area contributed by atoms with E-state index in [-0.39, 0.29) is 11.7 Å². The van der Waals surface area contributed by atoms with Crippen LogP contribution < -0.4 is 5.32 Å². The molecule has 1 N–H and O–H groups in total. The summed E-state index contributed by atoms with van der Waals surface area (Å²) in [7, 11) is 0. The molecule has 1 amide bonds. The molecular formula is C22H19ClN4OS. The van der Waals surface area contributed by atoms with Crippen LogP contribution in [0.15, 0.2) is 65.8 Å². The van der Waals surface area contributed by atoms with Crippen LogP contribution >= 0.6 is 23.4 Å². The summed E-state index contributed by atoms with van der Waals surface area (Å²) in [5.74, 6) is 0.151. The number of rotatable bonds is 5. The minimum Gasteiger partial charge on any atom is -0.325 e. The predicted molar refractivity (Wildman–Crippen MR) is 119 cm³/mol. The van der Waals surface area contributed by atoms with Crippen LogP contribution in [-0.4, -0.2) is 26.3 Å². The number of carbonyl (C=O) groups is 1. The first-order valence-corrected chi connectivity index (χ1v) is 10.5. The summed E-state index contributed by atoms with van der Waals surface area (Å²) >= 11 is 7.55. The largest absolute Gasteiger partial charge is 0.325 e. The second-order valence-corrected chi connectivity index (χ2v) is 8.10. The fourth-order valence-corrected chi connectivity index (χ4v) is 4.02. The summed E-state index contributed by atoms with van der Waals surface area (Å²) in [5.41, 5.74) is 5.35. The van der Waals surface area contributed by atoms with Gasteiger partial charge < -0.3 is 5.32 Å². The number of hydrogen-bond acceptors (Lipinski definition) is 4. The Morgan fingerprint density at radius 1 is 1.14 bits per heavy atom. The van der Waals surface area contributed by atoms with E-state index in [0.717, 1.165) is 33.1 Å². The van der Waals surface area contributed by atoms with E-state index in [9.17, 15) is 4.79 Å². The van der Waals surface area contributed by atoms with Gasteiger partial charge in [0.25, 0.3) is 0 Å². The van der Waals surface area contributed by atoms with Gasteiger partial charge in [-0.15, -0.1) is 0 Å². The van der Waals surface area contributed by atoms with Gasteiger partial charge in [-0.3, -0.25) is 4.79 Å². The summed E-state index contributed by atoms with van der Waals surface area (Å²) in [6.07, 6.45) is 1.82. The van der Waals surface area contributed by atoms with Gasteiger partial charge in [-0.25, -0.2) is 9.50 Å². The number of amides is 1. The maximum absolute atomic E-state index is 12.4. The second kappa shape index (κ2) is 8.27. The van der Waals surface area contributed by atoms with Gasteiger partial charge in [-0.2, -0.15) is 5.10 Å². The minimum absolute atomic E-state index is 0.104. The van der Waals surface area contributed by atoms with E-state index >= 15 is 0 Å². The molecule has 0 saturated carbocycles. The summed E-state index contributed by atoms with van der Waals surface area (Å²) in [4.78, 5) is 17.1. The van der Waals surface area contributed by atoms with Crippen LogP contribution in [0, 0.1) is 13.8 Å². The number of benzene rings is 2. The fourth-order valence-electron chi connectivity index (χ4n) is 2.98. The van der Waals surface area contributed by atoms with Gasteiger partial charge >= 0.3 is 0 Å². The molecule has 0 radical (unpaired) electrons. The summed E-state index contributed by atoms with van der Waals surface area (Å²) < 4.78 is 1.79. The molecule has 0 bridgehead atoms. The number of aromatic nitrogens is 3. The molecule has 4 rings (SSSR count). The molecule has 29 heavy (non-hydrogen) atoms. The van der Waals surface area contributed by atoms with Crippen molar-refractivity contribution in [3.8, 4) is 11.1 Å². The Morgan fingerprint density at radius 2 is 1.93 bits per heavy atom. The highest BCUT2D eigenvalue weighted by atomic mass is 35.5. The average Bonchev–Trinajstić information content (AvgIpc) is 3.13. The zero-order chi connectivity index (χ0) is 20.4. The van der Waals surface area contributed by atoms with Crippen molar-refractivity contribution >= 4 is 40.6 Å². The number of fused-ring (bicyclic) bond motifs is 1. The van der Waals surface area contributed by atoms with Crippen LogP contribution in [0.1, 0.15) is 11.3 Å². The number of nitrogens with one attached hydrogen (secondary N) is 1. The molecule has 2 aromatic heterocycles. The average molecular weight is 423 g/mol. The third-order valence-corrected chi connectivity index (χ3v) is 5.86. The minimum atomic E-state index is -0.104. The lowest BCUT2D eigenvalue weighted by Gasteiger charge is -2.08. The molecular weight excluding hydrogens is 404 g/mol. The first-order valence-electron chi connectivity index (χ1n) is 9.11. The zero-order valence-electron chi connectivity index (χ0n) is 16.0. The van der Waals surface area contributed by atoms with Crippen molar-refractivity contribution in [2.75, 3.05) is 11.1 Å². The van der Waals surface area contributed by atoms with Gasteiger partial charge in [0.2, 0.25) is 5.91 Å². The topological polar surface area (TPSA) is 59.3 Å². The van der Waals surface area contributed by atoms with Crippen LogP contribution in [0.4, 0.5) is 5.69 Å². The molecule has 0 saturated heterocycles. The molecule has 2 aromatic carbocycles. The van der Waals surface area contributed by atoms with Crippen LogP contribution in [0.3, 0.4) is 0 Å². The molecule has 146 valence electrons. The number of hydrogen-bond donors (Lipinski definition) is 1. The maximum atomic E-state index is 12.4. The monoisotopic (exact) mass is 422 g/mol. The van der Waals surface area contributed by atoms with Crippen molar-refractivity contribution in [1.29, 1.82) is 0 Å². The van der Waals surface area contributed by atoms with Gasteiger partial charge in [-0.05, 0) is 43.2 Å². The van der Waals surface area contributed by atoms with Gasteiger partial charge in [0, 0.05) is 22.0 Å². The van der Waals surface area contributed by atoms with Crippen LogP contribution in [0.25, 0.3) is 16.8 Å². The molecule has 0 aliphatic heterocycles. The van der Waals surface area contributed by atoms with E-state index in [1.807, 2.05) is 68.6 Å². The number of nitrogens with zero attached hydrogens (tertiary/aromatic N) is 3. The molecule has 2 heterocycles. The molecule has 0 spiro atoms. The van der Waals surface area contributed by atoms with E-state index < -0.39 is 0 Å². The second-order valence-electron chi connectivity index (χ2n) is 6.70. The molecule has 0 atom stereocenters. The van der Waals surface area contributed by atoms with Crippen LogP contribution in [0.5, 0.6) is 0 Å². The first kappa shape index (κ1) is 19.5. The molecule has 7 heteroatoms. The standard InChI is InChI=1S/C22H19ClN4OS/c1-14-8-9-17(11-19(14)23)26-20(28)13-29-21-10-15(2)25-22-18(12-24-27(21)22)16-6-4-3-5-7-16/h3-12H,13H2,1-2H3,(H,26,28). The highest BCUT2D eigenvalue weighted by molar-refractivity contribution is 7.99. The number of carbonyl (C=O) groups excluding carboxylic acids is 1. The Bertz CT molecular complexity index is 1190. The highest BCUT2D eigenvalue weighted by Crippen LogP contribution is 2.27.